The van der Waals surface area contributed by atoms with Gasteiger partial charge in [-0.3, -0.25) is 0 Å². The topological polar surface area (TPSA) is 60.7 Å². The molecular weight excluding hydrogens is 180 g/mol. The standard InChI is InChI=1S/C11H22O3/c1-8-6-9(13)7-10(2,3)11(8,14)4-5-12/h8-9,12-14H,4-7H2,1-3H3/t8-,9-,11-/m1/s1. The van der Waals surface area contributed by atoms with E-state index in [0.717, 1.165) is 0 Å². The molecule has 0 aromatic carbocycles. The molecule has 1 aliphatic carbocycles. The Bertz CT molecular complexity index is 203. The van der Waals surface area contributed by atoms with E-state index in [1.807, 2.05) is 20.8 Å². The van der Waals surface area contributed by atoms with Gasteiger partial charge >= 0.3 is 0 Å². The molecule has 3 atom stereocenters. The molecule has 0 amide bonds. The van der Waals surface area contributed by atoms with Gasteiger partial charge in [0.25, 0.3) is 0 Å². The van der Waals surface area contributed by atoms with E-state index in [9.17, 15) is 10.2 Å². The van der Waals surface area contributed by atoms with Crippen molar-refractivity contribution in [2.45, 2.75) is 51.7 Å². The maximum Gasteiger partial charge on any atom is 0.0747 e. The molecule has 3 heteroatoms. The van der Waals surface area contributed by atoms with Crippen LogP contribution in [0.2, 0.25) is 0 Å². The van der Waals surface area contributed by atoms with Gasteiger partial charge in [-0.05, 0) is 30.6 Å². The average Bonchev–Trinajstić information content (AvgIpc) is 2.00. The van der Waals surface area contributed by atoms with Gasteiger partial charge in [-0.2, -0.15) is 0 Å². The van der Waals surface area contributed by atoms with Crippen LogP contribution in [0.5, 0.6) is 0 Å². The fraction of sp³-hybridized carbons (Fsp3) is 1.00. The van der Waals surface area contributed by atoms with E-state index in [-0.39, 0.29) is 24.0 Å². The minimum atomic E-state index is -0.846. The maximum atomic E-state index is 10.5. The Balaban J connectivity index is 2.89. The zero-order valence-electron chi connectivity index (χ0n) is 9.32. The maximum absolute atomic E-state index is 10.5. The molecule has 1 fully saturated rings. The lowest BCUT2D eigenvalue weighted by Crippen LogP contribution is -2.56. The second kappa shape index (κ2) is 3.80. The summed E-state index contributed by atoms with van der Waals surface area (Å²) in [6.45, 7) is 5.86. The quantitative estimate of drug-likeness (QED) is 0.624. The van der Waals surface area contributed by atoms with E-state index in [0.29, 0.717) is 19.3 Å². The van der Waals surface area contributed by atoms with Gasteiger partial charge in [-0.1, -0.05) is 20.8 Å². The summed E-state index contributed by atoms with van der Waals surface area (Å²) < 4.78 is 0. The van der Waals surface area contributed by atoms with E-state index in [1.165, 1.54) is 0 Å². The second-order valence-electron chi connectivity index (χ2n) is 5.28. The van der Waals surface area contributed by atoms with Crippen LogP contribution < -0.4 is 0 Å². The van der Waals surface area contributed by atoms with Gasteiger partial charge in [0.1, 0.15) is 0 Å². The Labute approximate surface area is 85.8 Å². The van der Waals surface area contributed by atoms with Crippen LogP contribution in [-0.4, -0.2) is 33.6 Å². The van der Waals surface area contributed by atoms with Gasteiger partial charge < -0.3 is 15.3 Å². The normalized spacial score (nSPS) is 42.4. The highest BCUT2D eigenvalue weighted by Crippen LogP contribution is 2.48. The van der Waals surface area contributed by atoms with Crippen LogP contribution in [-0.2, 0) is 0 Å². The molecule has 0 radical (unpaired) electrons. The molecule has 14 heavy (non-hydrogen) atoms. The summed E-state index contributed by atoms with van der Waals surface area (Å²) in [6.07, 6.45) is 1.31. The van der Waals surface area contributed by atoms with Gasteiger partial charge in [0, 0.05) is 6.61 Å². The predicted octanol–water partition coefficient (Wildman–Crippen LogP) is 0.917. The Hall–Kier alpha value is -0.120. The van der Waals surface area contributed by atoms with Crippen LogP contribution in [0.1, 0.15) is 40.0 Å². The smallest absolute Gasteiger partial charge is 0.0747 e. The Morgan fingerprint density at radius 3 is 2.36 bits per heavy atom. The van der Waals surface area contributed by atoms with E-state index in [4.69, 9.17) is 5.11 Å². The zero-order valence-corrected chi connectivity index (χ0v) is 9.32. The largest absolute Gasteiger partial charge is 0.396 e. The third-order valence-corrected chi connectivity index (χ3v) is 3.85. The molecule has 1 saturated carbocycles. The van der Waals surface area contributed by atoms with Crippen molar-refractivity contribution in [2.24, 2.45) is 11.3 Å². The monoisotopic (exact) mass is 202 g/mol. The van der Waals surface area contributed by atoms with Crippen molar-refractivity contribution in [3.05, 3.63) is 0 Å². The van der Waals surface area contributed by atoms with Crippen LogP contribution in [0.15, 0.2) is 0 Å². The van der Waals surface area contributed by atoms with Gasteiger partial charge in [0.15, 0.2) is 0 Å². The van der Waals surface area contributed by atoms with Crippen molar-refractivity contribution in [1.29, 1.82) is 0 Å². The summed E-state index contributed by atoms with van der Waals surface area (Å²) in [6, 6.07) is 0. The first-order chi connectivity index (χ1) is 6.33. The molecule has 84 valence electrons. The molecule has 3 nitrogen and oxygen atoms in total. The van der Waals surface area contributed by atoms with Crippen LogP contribution in [0.25, 0.3) is 0 Å². The number of hydrogen-bond donors (Lipinski definition) is 3. The SMILES string of the molecule is C[C@@H]1C[C@@H](O)CC(C)(C)[C@@]1(O)CCO. The highest BCUT2D eigenvalue weighted by molar-refractivity contribution is 5.02. The first-order valence-corrected chi connectivity index (χ1v) is 5.35. The van der Waals surface area contributed by atoms with Crippen molar-refractivity contribution >= 4 is 0 Å². The zero-order chi connectivity index (χ0) is 11.0. The lowest BCUT2D eigenvalue weighted by atomic mass is 9.59. The molecule has 0 aromatic rings. The van der Waals surface area contributed by atoms with Gasteiger partial charge in [0.2, 0.25) is 0 Å². The molecule has 0 saturated heterocycles. The number of hydrogen-bond acceptors (Lipinski definition) is 3. The first kappa shape index (κ1) is 12.0. The molecular formula is C11H22O3. The molecule has 0 unspecified atom stereocenters. The average molecular weight is 202 g/mol. The fourth-order valence-electron chi connectivity index (χ4n) is 2.87. The lowest BCUT2D eigenvalue weighted by Gasteiger charge is -2.52. The first-order valence-electron chi connectivity index (χ1n) is 5.35. The van der Waals surface area contributed by atoms with Crippen LogP contribution in [0.4, 0.5) is 0 Å². The van der Waals surface area contributed by atoms with E-state index < -0.39 is 5.60 Å². The Morgan fingerprint density at radius 1 is 1.36 bits per heavy atom. The summed E-state index contributed by atoms with van der Waals surface area (Å²) in [5.41, 5.74) is -1.17. The molecule has 0 aromatic heterocycles. The highest BCUT2D eigenvalue weighted by Gasteiger charge is 2.51. The van der Waals surface area contributed by atoms with Crippen LogP contribution in [0.3, 0.4) is 0 Å². The predicted molar refractivity (Wildman–Crippen MR) is 54.8 cm³/mol. The Morgan fingerprint density at radius 2 is 1.93 bits per heavy atom. The van der Waals surface area contributed by atoms with Crippen LogP contribution in [0, 0.1) is 11.3 Å². The number of aliphatic hydroxyl groups excluding tert-OH is 2. The molecule has 0 spiro atoms. The van der Waals surface area contributed by atoms with E-state index in [1.54, 1.807) is 0 Å². The highest BCUT2D eigenvalue weighted by atomic mass is 16.3. The van der Waals surface area contributed by atoms with E-state index >= 15 is 0 Å². The van der Waals surface area contributed by atoms with Crippen molar-refractivity contribution in [2.75, 3.05) is 6.61 Å². The third-order valence-electron chi connectivity index (χ3n) is 3.85. The Kier molecular flexibility index (Phi) is 3.24. The molecule has 1 aliphatic rings. The summed E-state index contributed by atoms with van der Waals surface area (Å²) in [5.74, 6) is 0.0356. The minimum Gasteiger partial charge on any atom is -0.396 e. The van der Waals surface area contributed by atoms with Crippen LogP contribution >= 0.6 is 0 Å². The fourth-order valence-corrected chi connectivity index (χ4v) is 2.87. The minimum absolute atomic E-state index is 0.000362. The molecule has 1 rings (SSSR count). The molecule has 3 N–H and O–H groups in total. The summed E-state index contributed by atoms with van der Waals surface area (Å²) >= 11 is 0. The summed E-state index contributed by atoms with van der Waals surface area (Å²) in [7, 11) is 0. The van der Waals surface area contributed by atoms with Crippen molar-refractivity contribution < 1.29 is 15.3 Å². The van der Waals surface area contributed by atoms with Gasteiger partial charge in [0.05, 0.1) is 11.7 Å². The summed E-state index contributed by atoms with van der Waals surface area (Å²) in [4.78, 5) is 0. The second-order valence-corrected chi connectivity index (χ2v) is 5.28. The third kappa shape index (κ3) is 1.81. The number of rotatable bonds is 2. The molecule has 0 aliphatic heterocycles. The van der Waals surface area contributed by atoms with Crippen molar-refractivity contribution in [3.8, 4) is 0 Å². The lowest BCUT2D eigenvalue weighted by molar-refractivity contribution is -0.168. The van der Waals surface area contributed by atoms with Gasteiger partial charge in [-0.15, -0.1) is 0 Å². The summed E-state index contributed by atoms with van der Waals surface area (Å²) in [5, 5.41) is 29.1. The molecule has 0 heterocycles. The number of aliphatic hydroxyl groups is 3. The van der Waals surface area contributed by atoms with E-state index in [2.05, 4.69) is 0 Å². The van der Waals surface area contributed by atoms with Crippen molar-refractivity contribution in [3.63, 3.8) is 0 Å². The van der Waals surface area contributed by atoms with Gasteiger partial charge in [-0.25, -0.2) is 0 Å². The molecule has 0 bridgehead atoms. The van der Waals surface area contributed by atoms with Crippen molar-refractivity contribution in [1.82, 2.24) is 0 Å².